The predicted octanol–water partition coefficient (Wildman–Crippen LogP) is 1.65. The summed E-state index contributed by atoms with van der Waals surface area (Å²) in [5.41, 5.74) is 0.0157. The maximum Gasteiger partial charge on any atom is 0.223 e. The third-order valence-electron chi connectivity index (χ3n) is 2.13. The van der Waals surface area contributed by atoms with E-state index in [0.717, 1.165) is 13.0 Å². The van der Waals surface area contributed by atoms with Crippen molar-refractivity contribution >= 4 is 5.91 Å². The fourth-order valence-corrected chi connectivity index (χ4v) is 1.53. The van der Waals surface area contributed by atoms with Crippen LogP contribution >= 0.6 is 0 Å². The van der Waals surface area contributed by atoms with Crippen molar-refractivity contribution in [2.24, 2.45) is 5.92 Å². The first-order valence-electron chi connectivity index (χ1n) is 4.21. The molecular formula is C9H17NO. The number of hydrogen-bond donors (Lipinski definition) is 0. The summed E-state index contributed by atoms with van der Waals surface area (Å²) < 4.78 is 0. The van der Waals surface area contributed by atoms with Crippen LogP contribution in [0.3, 0.4) is 0 Å². The van der Waals surface area contributed by atoms with E-state index in [-0.39, 0.29) is 5.54 Å². The van der Waals surface area contributed by atoms with E-state index in [0.29, 0.717) is 11.8 Å². The van der Waals surface area contributed by atoms with Crippen molar-refractivity contribution in [3.05, 3.63) is 0 Å². The highest BCUT2D eigenvalue weighted by atomic mass is 16.2. The molecule has 0 bridgehead atoms. The molecule has 1 rings (SSSR count). The standard InChI is InChI=1S/C9H17NO/c1-7-5-8(11)10(6-7)9(2,3)4/h7H,5-6H2,1-4H3. The fraction of sp³-hybridized carbons (Fsp3) is 0.889. The van der Waals surface area contributed by atoms with Crippen molar-refractivity contribution in [1.82, 2.24) is 4.90 Å². The molecule has 0 radical (unpaired) electrons. The molecule has 1 heterocycles. The van der Waals surface area contributed by atoms with Crippen molar-refractivity contribution in [2.75, 3.05) is 6.54 Å². The SMILES string of the molecule is CC1CC(=O)N(C(C)(C)C)C1. The molecular weight excluding hydrogens is 138 g/mol. The van der Waals surface area contributed by atoms with Crippen LogP contribution in [0.2, 0.25) is 0 Å². The van der Waals surface area contributed by atoms with E-state index in [1.807, 2.05) is 4.90 Å². The molecule has 0 aliphatic carbocycles. The van der Waals surface area contributed by atoms with E-state index in [2.05, 4.69) is 27.7 Å². The van der Waals surface area contributed by atoms with Gasteiger partial charge in [-0.1, -0.05) is 6.92 Å². The molecule has 2 heteroatoms. The molecule has 1 atom stereocenters. The van der Waals surface area contributed by atoms with Crippen LogP contribution in [0.5, 0.6) is 0 Å². The molecule has 1 aliphatic rings. The lowest BCUT2D eigenvalue weighted by Gasteiger charge is -2.31. The number of hydrogen-bond acceptors (Lipinski definition) is 1. The Balaban J connectivity index is 2.68. The van der Waals surface area contributed by atoms with Gasteiger partial charge in [-0.15, -0.1) is 0 Å². The van der Waals surface area contributed by atoms with Gasteiger partial charge in [-0.2, -0.15) is 0 Å². The molecule has 1 saturated heterocycles. The van der Waals surface area contributed by atoms with Gasteiger partial charge < -0.3 is 4.90 Å². The van der Waals surface area contributed by atoms with Crippen LogP contribution in [0.1, 0.15) is 34.1 Å². The van der Waals surface area contributed by atoms with E-state index < -0.39 is 0 Å². The van der Waals surface area contributed by atoms with E-state index in [1.165, 1.54) is 0 Å². The van der Waals surface area contributed by atoms with Gasteiger partial charge in [0.2, 0.25) is 5.91 Å². The Bertz CT molecular complexity index is 169. The molecule has 11 heavy (non-hydrogen) atoms. The molecule has 0 saturated carbocycles. The molecule has 0 aromatic carbocycles. The van der Waals surface area contributed by atoms with Crippen LogP contribution in [0, 0.1) is 5.92 Å². The van der Waals surface area contributed by atoms with Crippen molar-refractivity contribution in [3.8, 4) is 0 Å². The summed E-state index contributed by atoms with van der Waals surface area (Å²) in [7, 11) is 0. The molecule has 0 spiro atoms. The van der Waals surface area contributed by atoms with Gasteiger partial charge >= 0.3 is 0 Å². The molecule has 1 unspecified atom stereocenters. The lowest BCUT2D eigenvalue weighted by Crippen LogP contribution is -2.42. The monoisotopic (exact) mass is 155 g/mol. The second-order valence-corrected chi connectivity index (χ2v) is 4.48. The van der Waals surface area contributed by atoms with Gasteiger partial charge in [0.05, 0.1) is 0 Å². The summed E-state index contributed by atoms with van der Waals surface area (Å²) in [4.78, 5) is 13.3. The van der Waals surface area contributed by atoms with Gasteiger partial charge in [0, 0.05) is 18.5 Å². The van der Waals surface area contributed by atoms with E-state index in [9.17, 15) is 4.79 Å². The highest BCUT2D eigenvalue weighted by molar-refractivity contribution is 5.79. The van der Waals surface area contributed by atoms with Gasteiger partial charge in [-0.3, -0.25) is 4.79 Å². The zero-order valence-electron chi connectivity index (χ0n) is 7.85. The van der Waals surface area contributed by atoms with E-state index >= 15 is 0 Å². The third kappa shape index (κ3) is 1.73. The van der Waals surface area contributed by atoms with Crippen LogP contribution in [0.4, 0.5) is 0 Å². The Hall–Kier alpha value is -0.530. The Morgan fingerprint density at radius 3 is 2.18 bits per heavy atom. The second-order valence-electron chi connectivity index (χ2n) is 4.48. The topological polar surface area (TPSA) is 20.3 Å². The minimum Gasteiger partial charge on any atom is -0.338 e. The smallest absolute Gasteiger partial charge is 0.223 e. The molecule has 0 N–H and O–H groups in total. The van der Waals surface area contributed by atoms with Gasteiger partial charge in [0.25, 0.3) is 0 Å². The van der Waals surface area contributed by atoms with Crippen LogP contribution in [-0.2, 0) is 4.79 Å². The Kier molecular flexibility index (Phi) is 1.95. The summed E-state index contributed by atoms with van der Waals surface area (Å²) in [5.74, 6) is 0.853. The van der Waals surface area contributed by atoms with Gasteiger partial charge in [0.15, 0.2) is 0 Å². The fourth-order valence-electron chi connectivity index (χ4n) is 1.53. The van der Waals surface area contributed by atoms with Crippen molar-refractivity contribution < 1.29 is 4.79 Å². The van der Waals surface area contributed by atoms with Crippen molar-refractivity contribution in [1.29, 1.82) is 0 Å². The van der Waals surface area contributed by atoms with Gasteiger partial charge in [-0.25, -0.2) is 0 Å². The largest absolute Gasteiger partial charge is 0.338 e. The van der Waals surface area contributed by atoms with Crippen LogP contribution in [0.15, 0.2) is 0 Å². The second kappa shape index (κ2) is 2.50. The van der Waals surface area contributed by atoms with E-state index in [4.69, 9.17) is 0 Å². The average molecular weight is 155 g/mol. The zero-order valence-corrected chi connectivity index (χ0v) is 7.85. The number of nitrogens with zero attached hydrogens (tertiary/aromatic N) is 1. The lowest BCUT2D eigenvalue weighted by atomic mass is 10.1. The first-order valence-corrected chi connectivity index (χ1v) is 4.21. The summed E-state index contributed by atoms with van der Waals surface area (Å²) >= 11 is 0. The van der Waals surface area contributed by atoms with Gasteiger partial charge in [-0.05, 0) is 26.7 Å². The number of carbonyl (C=O) groups is 1. The number of carbonyl (C=O) groups excluding carboxylic acids is 1. The predicted molar refractivity (Wildman–Crippen MR) is 45.2 cm³/mol. The first-order chi connectivity index (χ1) is 4.91. The van der Waals surface area contributed by atoms with Crippen molar-refractivity contribution in [2.45, 2.75) is 39.7 Å². The Morgan fingerprint density at radius 1 is 1.45 bits per heavy atom. The molecule has 1 aliphatic heterocycles. The molecule has 1 amide bonds. The molecule has 64 valence electrons. The highest BCUT2D eigenvalue weighted by Gasteiger charge is 2.33. The Morgan fingerprint density at radius 2 is 2.00 bits per heavy atom. The first kappa shape index (κ1) is 8.57. The molecule has 0 aromatic rings. The number of amides is 1. The molecule has 1 fully saturated rings. The normalized spacial score (nSPS) is 26.4. The van der Waals surface area contributed by atoms with Crippen LogP contribution in [-0.4, -0.2) is 22.9 Å². The Labute approximate surface area is 68.6 Å². The number of rotatable bonds is 0. The van der Waals surface area contributed by atoms with E-state index in [1.54, 1.807) is 0 Å². The maximum absolute atomic E-state index is 11.4. The summed E-state index contributed by atoms with van der Waals surface area (Å²) in [6, 6.07) is 0. The molecule has 0 aromatic heterocycles. The third-order valence-corrected chi connectivity index (χ3v) is 2.13. The zero-order chi connectivity index (χ0) is 8.65. The number of likely N-dealkylation sites (tertiary alicyclic amines) is 1. The van der Waals surface area contributed by atoms with Gasteiger partial charge in [0.1, 0.15) is 0 Å². The maximum atomic E-state index is 11.4. The van der Waals surface area contributed by atoms with Crippen LogP contribution in [0.25, 0.3) is 0 Å². The minimum absolute atomic E-state index is 0.0157. The lowest BCUT2D eigenvalue weighted by molar-refractivity contribution is -0.131. The molecule has 2 nitrogen and oxygen atoms in total. The summed E-state index contributed by atoms with van der Waals surface area (Å²) in [5, 5.41) is 0. The highest BCUT2D eigenvalue weighted by Crippen LogP contribution is 2.24. The quantitative estimate of drug-likeness (QED) is 0.521. The summed E-state index contributed by atoms with van der Waals surface area (Å²) in [6.45, 7) is 9.32. The summed E-state index contributed by atoms with van der Waals surface area (Å²) in [6.07, 6.45) is 0.733. The van der Waals surface area contributed by atoms with Crippen LogP contribution < -0.4 is 0 Å². The average Bonchev–Trinajstić information content (AvgIpc) is 2.08. The minimum atomic E-state index is 0.0157. The van der Waals surface area contributed by atoms with Crippen molar-refractivity contribution in [3.63, 3.8) is 0 Å².